The van der Waals surface area contributed by atoms with Crippen LogP contribution in [0.2, 0.25) is 0 Å². The zero-order valence-electron chi connectivity index (χ0n) is 13.6. The van der Waals surface area contributed by atoms with Crippen LogP contribution in [-0.4, -0.2) is 30.0 Å². The highest BCUT2D eigenvalue weighted by Gasteiger charge is 2.11. The molecule has 0 N–H and O–H groups in total. The molecule has 0 unspecified atom stereocenters. The second-order valence-electron chi connectivity index (χ2n) is 5.59. The van der Waals surface area contributed by atoms with Crippen LogP contribution in [0.1, 0.15) is 16.0 Å². The number of hydrogen-bond donors (Lipinski definition) is 0. The summed E-state index contributed by atoms with van der Waals surface area (Å²) in [7, 11) is 3.99. The van der Waals surface area contributed by atoms with Crippen LogP contribution in [0.4, 0.5) is 5.69 Å². The molecule has 3 rings (SSSR count). The van der Waals surface area contributed by atoms with Crippen LogP contribution in [0.3, 0.4) is 0 Å². The number of rotatable bonds is 3. The molecule has 0 fully saturated rings. The molecule has 6 heteroatoms. The first-order valence-electron chi connectivity index (χ1n) is 7.26. The van der Waals surface area contributed by atoms with Gasteiger partial charge in [0.1, 0.15) is 11.2 Å². The summed E-state index contributed by atoms with van der Waals surface area (Å²) in [5.41, 5.74) is 2.91. The third-order valence-corrected chi connectivity index (χ3v) is 4.93. The fraction of sp³-hybridized carbons (Fsp3) is 0.235. The molecule has 5 nitrogen and oxygen atoms in total. The number of fused-ring (bicyclic) bond motifs is 1. The van der Waals surface area contributed by atoms with Gasteiger partial charge in [0.2, 0.25) is 0 Å². The molecule has 2 aromatic heterocycles. The second-order valence-corrected chi connectivity index (χ2v) is 6.79. The van der Waals surface area contributed by atoms with Crippen molar-refractivity contribution in [2.75, 3.05) is 19.0 Å². The summed E-state index contributed by atoms with van der Waals surface area (Å²) in [6, 6.07) is 7.96. The van der Waals surface area contributed by atoms with Gasteiger partial charge in [-0.25, -0.2) is 4.98 Å². The van der Waals surface area contributed by atoms with E-state index in [0.717, 1.165) is 26.5 Å². The minimum Gasteiger partial charge on any atom is -0.378 e. The van der Waals surface area contributed by atoms with Gasteiger partial charge in [-0.2, -0.15) is 9.78 Å². The summed E-state index contributed by atoms with van der Waals surface area (Å²) in [6.45, 7) is 3.95. The Labute approximate surface area is 138 Å². The lowest BCUT2D eigenvalue weighted by molar-refractivity contribution is 0.818. The quantitative estimate of drug-likeness (QED) is 0.695. The SMILES string of the molecule is Cc1sc2ncn(/N=C/c3ccc(N(C)C)cc3)c(=O)c2c1C. The highest BCUT2D eigenvalue weighted by molar-refractivity contribution is 7.18. The molecule has 0 atom stereocenters. The van der Waals surface area contributed by atoms with Gasteiger partial charge >= 0.3 is 0 Å². The molecule has 23 heavy (non-hydrogen) atoms. The standard InChI is InChI=1S/C17H18N4OS/c1-11-12(2)23-16-15(11)17(22)21(10-18-16)19-9-13-5-7-14(8-6-13)20(3)4/h5-10H,1-4H3/b19-9+. The minimum absolute atomic E-state index is 0.127. The lowest BCUT2D eigenvalue weighted by Crippen LogP contribution is -2.17. The Hall–Kier alpha value is -2.47. The van der Waals surface area contributed by atoms with Crippen LogP contribution >= 0.6 is 11.3 Å². The average Bonchev–Trinajstić information content (AvgIpc) is 2.82. The fourth-order valence-corrected chi connectivity index (χ4v) is 3.28. The molecule has 0 saturated heterocycles. The Kier molecular flexibility index (Phi) is 4.00. The predicted molar refractivity (Wildman–Crippen MR) is 97.1 cm³/mol. The molecule has 1 aromatic carbocycles. The number of anilines is 1. The van der Waals surface area contributed by atoms with Crippen LogP contribution in [0.15, 0.2) is 40.5 Å². The molecule has 2 heterocycles. The summed E-state index contributed by atoms with van der Waals surface area (Å²) in [4.78, 5) is 20.8. The van der Waals surface area contributed by atoms with Crippen molar-refractivity contribution in [2.24, 2.45) is 5.10 Å². The number of hydrogen-bond acceptors (Lipinski definition) is 5. The van der Waals surface area contributed by atoms with Gasteiger partial charge in [0.15, 0.2) is 0 Å². The number of benzene rings is 1. The summed E-state index contributed by atoms with van der Waals surface area (Å²) in [5.74, 6) is 0. The largest absolute Gasteiger partial charge is 0.378 e. The number of aryl methyl sites for hydroxylation is 2. The highest BCUT2D eigenvalue weighted by Crippen LogP contribution is 2.25. The molecule has 0 bridgehead atoms. The zero-order chi connectivity index (χ0) is 16.6. The van der Waals surface area contributed by atoms with Crippen molar-refractivity contribution < 1.29 is 0 Å². The lowest BCUT2D eigenvalue weighted by Gasteiger charge is -2.11. The van der Waals surface area contributed by atoms with Gasteiger partial charge in [0.05, 0.1) is 11.6 Å². The van der Waals surface area contributed by atoms with Crippen LogP contribution in [0.5, 0.6) is 0 Å². The van der Waals surface area contributed by atoms with E-state index < -0.39 is 0 Å². The summed E-state index contributed by atoms with van der Waals surface area (Å²) in [6.07, 6.45) is 3.15. The van der Waals surface area contributed by atoms with E-state index in [4.69, 9.17) is 0 Å². The Morgan fingerprint density at radius 2 is 1.91 bits per heavy atom. The predicted octanol–water partition coefficient (Wildman–Crippen LogP) is 3.02. The maximum Gasteiger partial charge on any atom is 0.282 e. The van der Waals surface area contributed by atoms with E-state index in [1.54, 1.807) is 6.21 Å². The molecule has 0 radical (unpaired) electrons. The molecule has 0 amide bonds. The van der Waals surface area contributed by atoms with Crippen molar-refractivity contribution in [1.29, 1.82) is 0 Å². The van der Waals surface area contributed by atoms with Gasteiger partial charge in [-0.05, 0) is 37.1 Å². The van der Waals surface area contributed by atoms with E-state index in [9.17, 15) is 4.79 Å². The molecule has 0 saturated carbocycles. The van der Waals surface area contributed by atoms with E-state index in [0.29, 0.717) is 5.39 Å². The van der Waals surface area contributed by atoms with Gasteiger partial charge in [0.25, 0.3) is 5.56 Å². The molecule has 0 aliphatic rings. The van der Waals surface area contributed by atoms with E-state index >= 15 is 0 Å². The van der Waals surface area contributed by atoms with Gasteiger partial charge in [-0.15, -0.1) is 11.3 Å². The first kappa shape index (κ1) is 15.4. The molecule has 0 spiro atoms. The van der Waals surface area contributed by atoms with E-state index in [2.05, 4.69) is 10.1 Å². The van der Waals surface area contributed by atoms with Crippen LogP contribution < -0.4 is 10.5 Å². The first-order valence-corrected chi connectivity index (χ1v) is 8.08. The molecule has 0 aliphatic heterocycles. The van der Waals surface area contributed by atoms with Gasteiger partial charge in [-0.3, -0.25) is 4.79 Å². The number of aromatic nitrogens is 2. The minimum atomic E-state index is -0.127. The van der Waals surface area contributed by atoms with E-state index in [1.807, 2.05) is 57.1 Å². The Balaban J connectivity index is 1.96. The monoisotopic (exact) mass is 326 g/mol. The molecule has 0 aliphatic carbocycles. The normalized spacial score (nSPS) is 11.5. The van der Waals surface area contributed by atoms with E-state index in [1.165, 1.54) is 22.3 Å². The molecule has 3 aromatic rings. The maximum atomic E-state index is 12.5. The summed E-state index contributed by atoms with van der Waals surface area (Å²) in [5, 5.41) is 4.92. The van der Waals surface area contributed by atoms with Crippen molar-refractivity contribution in [3.05, 3.63) is 57.0 Å². The van der Waals surface area contributed by atoms with Crippen LogP contribution in [0.25, 0.3) is 10.2 Å². The second kappa shape index (κ2) is 5.96. The number of thiophene rings is 1. The lowest BCUT2D eigenvalue weighted by atomic mass is 10.2. The van der Waals surface area contributed by atoms with Gasteiger partial charge in [-0.1, -0.05) is 12.1 Å². The zero-order valence-corrected chi connectivity index (χ0v) is 14.4. The molecular formula is C17H18N4OS. The smallest absolute Gasteiger partial charge is 0.282 e. The third-order valence-electron chi connectivity index (χ3n) is 3.81. The van der Waals surface area contributed by atoms with Crippen molar-refractivity contribution in [2.45, 2.75) is 13.8 Å². The van der Waals surface area contributed by atoms with Gasteiger partial charge < -0.3 is 4.90 Å². The first-order chi connectivity index (χ1) is 11.0. The van der Waals surface area contributed by atoms with Crippen molar-refractivity contribution in [3.8, 4) is 0 Å². The van der Waals surface area contributed by atoms with Gasteiger partial charge in [0, 0.05) is 24.7 Å². The maximum absolute atomic E-state index is 12.5. The summed E-state index contributed by atoms with van der Waals surface area (Å²) >= 11 is 1.54. The fourth-order valence-electron chi connectivity index (χ4n) is 2.30. The topological polar surface area (TPSA) is 50.5 Å². The summed E-state index contributed by atoms with van der Waals surface area (Å²) < 4.78 is 1.29. The van der Waals surface area contributed by atoms with Crippen LogP contribution in [-0.2, 0) is 0 Å². The van der Waals surface area contributed by atoms with Crippen molar-refractivity contribution >= 4 is 33.5 Å². The van der Waals surface area contributed by atoms with Crippen molar-refractivity contribution in [1.82, 2.24) is 9.66 Å². The highest BCUT2D eigenvalue weighted by atomic mass is 32.1. The molecular weight excluding hydrogens is 308 g/mol. The Morgan fingerprint density at radius 3 is 2.57 bits per heavy atom. The Bertz CT molecular complexity index is 936. The van der Waals surface area contributed by atoms with Crippen molar-refractivity contribution in [3.63, 3.8) is 0 Å². The van der Waals surface area contributed by atoms with Crippen LogP contribution in [0, 0.1) is 13.8 Å². The number of nitrogens with zero attached hydrogens (tertiary/aromatic N) is 4. The Morgan fingerprint density at radius 1 is 1.22 bits per heavy atom. The third kappa shape index (κ3) is 2.90. The average molecular weight is 326 g/mol. The molecule has 118 valence electrons. The van der Waals surface area contributed by atoms with E-state index in [-0.39, 0.29) is 5.56 Å².